The second-order valence-corrected chi connectivity index (χ2v) is 3.81. The number of ether oxygens (including phenoxy) is 2. The second-order valence-electron chi connectivity index (χ2n) is 3.81. The van der Waals surface area contributed by atoms with E-state index in [-0.39, 0.29) is 5.75 Å². The normalized spacial score (nSPS) is 10.1. The Kier molecular flexibility index (Phi) is 3.28. The van der Waals surface area contributed by atoms with Crippen LogP contribution in [0.25, 0.3) is 11.1 Å². The summed E-state index contributed by atoms with van der Waals surface area (Å²) in [6, 6.07) is 10.6. The molecule has 0 aliphatic carbocycles. The lowest BCUT2D eigenvalue weighted by Gasteiger charge is -2.12. The van der Waals surface area contributed by atoms with Crippen LogP contribution in [0.5, 0.6) is 17.2 Å². The van der Waals surface area contributed by atoms with Crippen LogP contribution in [-0.4, -0.2) is 19.3 Å². The van der Waals surface area contributed by atoms with Crippen LogP contribution in [0.4, 0.5) is 5.69 Å². The van der Waals surface area contributed by atoms with E-state index < -0.39 is 0 Å². The molecule has 0 aliphatic rings. The van der Waals surface area contributed by atoms with E-state index in [1.165, 1.54) is 13.2 Å². The van der Waals surface area contributed by atoms with Gasteiger partial charge >= 0.3 is 0 Å². The molecular weight excluding hydrogens is 230 g/mol. The molecule has 0 saturated carbocycles. The van der Waals surface area contributed by atoms with Gasteiger partial charge in [0, 0.05) is 17.2 Å². The van der Waals surface area contributed by atoms with E-state index in [1.807, 2.05) is 24.3 Å². The maximum absolute atomic E-state index is 9.99. The first-order valence-electron chi connectivity index (χ1n) is 5.47. The fraction of sp³-hybridized carbons (Fsp3) is 0.143. The minimum Gasteiger partial charge on any atom is -0.507 e. The highest BCUT2D eigenvalue weighted by Gasteiger charge is 2.13. The molecule has 0 aliphatic heterocycles. The monoisotopic (exact) mass is 245 g/mol. The number of phenolic OH excluding ortho intramolecular Hbond substituents is 1. The minimum atomic E-state index is 0.0952. The van der Waals surface area contributed by atoms with Gasteiger partial charge in [-0.2, -0.15) is 0 Å². The predicted molar refractivity (Wildman–Crippen MR) is 71.1 cm³/mol. The van der Waals surface area contributed by atoms with Gasteiger partial charge in [-0.05, 0) is 12.1 Å². The third-order valence-electron chi connectivity index (χ3n) is 2.75. The summed E-state index contributed by atoms with van der Waals surface area (Å²) in [7, 11) is 3.12. The van der Waals surface area contributed by atoms with Gasteiger partial charge < -0.3 is 20.3 Å². The average molecular weight is 245 g/mol. The van der Waals surface area contributed by atoms with Crippen LogP contribution in [0.15, 0.2) is 36.4 Å². The summed E-state index contributed by atoms with van der Waals surface area (Å²) in [5.74, 6) is 1.30. The first-order valence-corrected chi connectivity index (χ1v) is 5.47. The molecule has 0 saturated heterocycles. The van der Waals surface area contributed by atoms with Crippen molar-refractivity contribution in [1.29, 1.82) is 0 Å². The number of nitrogen functional groups attached to an aromatic ring is 1. The number of benzene rings is 2. The van der Waals surface area contributed by atoms with E-state index in [1.54, 1.807) is 13.2 Å². The average Bonchev–Trinajstić information content (AvgIpc) is 2.39. The number of hydrogen-bond acceptors (Lipinski definition) is 4. The number of rotatable bonds is 3. The van der Waals surface area contributed by atoms with Crippen LogP contribution in [0.2, 0.25) is 0 Å². The Hall–Kier alpha value is -2.36. The fourth-order valence-corrected chi connectivity index (χ4v) is 1.84. The van der Waals surface area contributed by atoms with E-state index in [0.29, 0.717) is 22.7 Å². The van der Waals surface area contributed by atoms with Crippen molar-refractivity contribution in [3.05, 3.63) is 36.4 Å². The third kappa shape index (κ3) is 2.05. The molecule has 18 heavy (non-hydrogen) atoms. The topological polar surface area (TPSA) is 64.7 Å². The molecule has 0 atom stereocenters. The molecule has 4 heteroatoms. The van der Waals surface area contributed by atoms with Crippen LogP contribution >= 0.6 is 0 Å². The van der Waals surface area contributed by atoms with Gasteiger partial charge in [-0.15, -0.1) is 0 Å². The van der Waals surface area contributed by atoms with Crippen molar-refractivity contribution >= 4 is 5.69 Å². The SMILES string of the molecule is COc1cc(-c2ccccc2OC)c(O)cc1N. The quantitative estimate of drug-likeness (QED) is 0.816. The van der Waals surface area contributed by atoms with E-state index >= 15 is 0 Å². The fourth-order valence-electron chi connectivity index (χ4n) is 1.84. The number of hydrogen-bond donors (Lipinski definition) is 2. The molecule has 0 heterocycles. The van der Waals surface area contributed by atoms with Crippen molar-refractivity contribution in [3.63, 3.8) is 0 Å². The summed E-state index contributed by atoms with van der Waals surface area (Å²) in [6.45, 7) is 0. The Morgan fingerprint density at radius 1 is 0.944 bits per heavy atom. The Morgan fingerprint density at radius 3 is 2.28 bits per heavy atom. The molecule has 0 radical (unpaired) electrons. The Bertz CT molecular complexity index is 567. The molecule has 0 fully saturated rings. The Labute approximate surface area is 106 Å². The van der Waals surface area contributed by atoms with E-state index in [4.69, 9.17) is 15.2 Å². The summed E-state index contributed by atoms with van der Waals surface area (Å²) in [6.07, 6.45) is 0. The lowest BCUT2D eigenvalue weighted by atomic mass is 10.0. The highest BCUT2D eigenvalue weighted by atomic mass is 16.5. The van der Waals surface area contributed by atoms with Crippen molar-refractivity contribution in [1.82, 2.24) is 0 Å². The van der Waals surface area contributed by atoms with E-state index in [2.05, 4.69) is 0 Å². The highest BCUT2D eigenvalue weighted by molar-refractivity contribution is 5.79. The highest BCUT2D eigenvalue weighted by Crippen LogP contribution is 2.40. The lowest BCUT2D eigenvalue weighted by Crippen LogP contribution is -1.94. The summed E-state index contributed by atoms with van der Waals surface area (Å²) in [5, 5.41) is 9.99. The van der Waals surface area contributed by atoms with E-state index in [9.17, 15) is 5.11 Å². The molecular formula is C14H15NO3. The molecule has 3 N–H and O–H groups in total. The molecule has 0 spiro atoms. The van der Waals surface area contributed by atoms with Crippen LogP contribution in [0.3, 0.4) is 0 Å². The minimum absolute atomic E-state index is 0.0952. The van der Waals surface area contributed by atoms with Crippen molar-refractivity contribution in [2.24, 2.45) is 0 Å². The summed E-state index contributed by atoms with van der Waals surface area (Å²) < 4.78 is 10.4. The van der Waals surface area contributed by atoms with Crippen LogP contribution in [0, 0.1) is 0 Å². The number of methoxy groups -OCH3 is 2. The zero-order valence-electron chi connectivity index (χ0n) is 10.3. The van der Waals surface area contributed by atoms with E-state index in [0.717, 1.165) is 5.56 Å². The van der Waals surface area contributed by atoms with Gasteiger partial charge in [-0.3, -0.25) is 0 Å². The maximum Gasteiger partial charge on any atom is 0.142 e. The number of anilines is 1. The Morgan fingerprint density at radius 2 is 1.61 bits per heavy atom. The molecule has 0 bridgehead atoms. The first-order chi connectivity index (χ1) is 8.67. The van der Waals surface area contributed by atoms with Crippen LogP contribution in [0.1, 0.15) is 0 Å². The zero-order valence-corrected chi connectivity index (χ0v) is 10.3. The van der Waals surface area contributed by atoms with Gasteiger partial charge in [0.1, 0.15) is 17.2 Å². The molecule has 94 valence electrons. The summed E-state index contributed by atoms with van der Waals surface area (Å²) in [4.78, 5) is 0. The maximum atomic E-state index is 9.99. The van der Waals surface area contributed by atoms with Crippen molar-refractivity contribution in [3.8, 4) is 28.4 Å². The number of para-hydroxylation sites is 1. The smallest absolute Gasteiger partial charge is 0.142 e. The van der Waals surface area contributed by atoms with Gasteiger partial charge in [0.25, 0.3) is 0 Å². The molecule has 2 aromatic carbocycles. The molecule has 2 rings (SSSR count). The second kappa shape index (κ2) is 4.87. The van der Waals surface area contributed by atoms with Gasteiger partial charge in [-0.25, -0.2) is 0 Å². The summed E-state index contributed by atoms with van der Waals surface area (Å²) in [5.41, 5.74) is 7.54. The summed E-state index contributed by atoms with van der Waals surface area (Å²) >= 11 is 0. The molecule has 0 unspecified atom stereocenters. The van der Waals surface area contributed by atoms with Gasteiger partial charge in [0.2, 0.25) is 0 Å². The van der Waals surface area contributed by atoms with Gasteiger partial charge in [0.15, 0.2) is 0 Å². The van der Waals surface area contributed by atoms with Crippen molar-refractivity contribution in [2.75, 3.05) is 20.0 Å². The van der Waals surface area contributed by atoms with Gasteiger partial charge in [-0.1, -0.05) is 18.2 Å². The number of nitrogens with two attached hydrogens (primary N) is 1. The standard InChI is InChI=1S/C14H15NO3/c1-17-13-6-4-3-5-9(13)10-7-14(18-2)11(15)8-12(10)16/h3-8,16H,15H2,1-2H3. The number of phenols is 1. The van der Waals surface area contributed by atoms with Crippen LogP contribution in [-0.2, 0) is 0 Å². The van der Waals surface area contributed by atoms with Crippen molar-refractivity contribution < 1.29 is 14.6 Å². The molecule has 0 amide bonds. The largest absolute Gasteiger partial charge is 0.507 e. The zero-order chi connectivity index (χ0) is 13.1. The first kappa shape index (κ1) is 12.1. The molecule has 4 nitrogen and oxygen atoms in total. The molecule has 0 aromatic heterocycles. The number of aromatic hydroxyl groups is 1. The Balaban J connectivity index is 2.63. The lowest BCUT2D eigenvalue weighted by molar-refractivity contribution is 0.412. The van der Waals surface area contributed by atoms with Crippen LogP contribution < -0.4 is 15.2 Å². The molecule has 2 aromatic rings. The predicted octanol–water partition coefficient (Wildman–Crippen LogP) is 2.66. The van der Waals surface area contributed by atoms with Crippen molar-refractivity contribution in [2.45, 2.75) is 0 Å². The van der Waals surface area contributed by atoms with Gasteiger partial charge in [0.05, 0.1) is 19.9 Å². The third-order valence-corrected chi connectivity index (χ3v) is 2.75.